The summed E-state index contributed by atoms with van der Waals surface area (Å²) < 4.78 is 38.5. The second kappa shape index (κ2) is 8.92. The average molecular weight is 471 g/mol. The van der Waals surface area contributed by atoms with Crippen molar-refractivity contribution < 1.29 is 27.6 Å². The maximum absolute atomic E-state index is 12.8. The molecule has 31 heavy (non-hydrogen) atoms. The summed E-state index contributed by atoms with van der Waals surface area (Å²) in [7, 11) is 0. The minimum absolute atomic E-state index is 0.0177. The largest absolute Gasteiger partial charge is 0.416 e. The molecule has 3 amide bonds. The molecule has 2 aromatic rings. The number of hydrogen-bond acceptors (Lipinski definition) is 4. The van der Waals surface area contributed by atoms with Crippen LogP contribution in [-0.2, 0) is 28.6 Å². The minimum Gasteiger partial charge on any atom is -0.349 e. The zero-order valence-electron chi connectivity index (χ0n) is 16.3. The Kier molecular flexibility index (Phi) is 6.66. The smallest absolute Gasteiger partial charge is 0.349 e. The van der Waals surface area contributed by atoms with Crippen molar-refractivity contribution in [2.75, 3.05) is 0 Å². The van der Waals surface area contributed by atoms with Gasteiger partial charge in [0.1, 0.15) is 5.25 Å². The first-order chi connectivity index (χ1) is 14.5. The summed E-state index contributed by atoms with van der Waals surface area (Å²) in [5, 5.41) is 3.98. The molecule has 0 aromatic heterocycles. The molecule has 164 valence electrons. The lowest BCUT2D eigenvalue weighted by Gasteiger charge is -2.34. The van der Waals surface area contributed by atoms with E-state index in [0.717, 1.165) is 23.9 Å². The van der Waals surface area contributed by atoms with Crippen LogP contribution in [0.1, 0.15) is 23.6 Å². The summed E-state index contributed by atoms with van der Waals surface area (Å²) in [6.07, 6.45) is -4.44. The molecule has 3 rings (SSSR count). The first kappa shape index (κ1) is 23.1. The number of nitrogens with one attached hydrogen (secondary N) is 2. The second-order valence-electron chi connectivity index (χ2n) is 7.42. The number of hydrogen-bond donors (Lipinski definition) is 2. The molecule has 1 saturated heterocycles. The third kappa shape index (κ3) is 5.80. The number of rotatable bonds is 6. The summed E-state index contributed by atoms with van der Waals surface area (Å²) in [5.41, 5.74) is -0.894. The van der Waals surface area contributed by atoms with Crippen molar-refractivity contribution in [3.05, 3.63) is 70.2 Å². The molecule has 1 unspecified atom stereocenters. The predicted molar refractivity (Wildman–Crippen MR) is 112 cm³/mol. The highest BCUT2D eigenvalue weighted by molar-refractivity contribution is 8.15. The maximum Gasteiger partial charge on any atom is 0.416 e. The average Bonchev–Trinajstić information content (AvgIpc) is 3.00. The second-order valence-corrected chi connectivity index (χ2v) is 8.93. The highest BCUT2D eigenvalue weighted by atomic mass is 35.5. The van der Waals surface area contributed by atoms with Gasteiger partial charge in [0.15, 0.2) is 0 Å². The quantitative estimate of drug-likeness (QED) is 0.657. The Bertz CT molecular complexity index is 1010. The molecule has 0 radical (unpaired) electrons. The molecular formula is C21H18ClF3N2O3S. The molecule has 2 N–H and O–H groups in total. The van der Waals surface area contributed by atoms with Crippen LogP contribution in [0.4, 0.5) is 18.0 Å². The van der Waals surface area contributed by atoms with Gasteiger partial charge in [-0.2, -0.15) is 13.2 Å². The van der Waals surface area contributed by atoms with Gasteiger partial charge < -0.3 is 5.32 Å². The van der Waals surface area contributed by atoms with E-state index in [1.807, 2.05) is 0 Å². The molecular weight excluding hydrogens is 453 g/mol. The number of halogens is 4. The van der Waals surface area contributed by atoms with Gasteiger partial charge in [-0.1, -0.05) is 35.9 Å². The number of carbonyl (C=O) groups is 3. The lowest BCUT2D eigenvalue weighted by molar-refractivity contribution is -0.137. The standard InChI is InChI=1S/C21H18ClF3N2O3S/c1-20(17-18(29)26-19(30)31-17,11-12-5-7-14(8-6-12)21(23,24)25)27-16(28)10-13-3-2-4-15(22)9-13/h2-9,17H,10-11H2,1H3,(H,27,28)(H,26,29,30)/t17?,20-/m0/s1. The zero-order valence-corrected chi connectivity index (χ0v) is 17.8. The van der Waals surface area contributed by atoms with Gasteiger partial charge in [0.2, 0.25) is 11.8 Å². The first-order valence-electron chi connectivity index (χ1n) is 9.19. The van der Waals surface area contributed by atoms with Gasteiger partial charge in [-0.15, -0.1) is 0 Å². The topological polar surface area (TPSA) is 75.3 Å². The van der Waals surface area contributed by atoms with Crippen LogP contribution in [0.25, 0.3) is 0 Å². The molecule has 1 heterocycles. The Morgan fingerprint density at radius 3 is 2.35 bits per heavy atom. The monoisotopic (exact) mass is 470 g/mol. The van der Waals surface area contributed by atoms with Crippen LogP contribution in [0.3, 0.4) is 0 Å². The summed E-state index contributed by atoms with van der Waals surface area (Å²) in [6.45, 7) is 1.59. The van der Waals surface area contributed by atoms with Crippen molar-refractivity contribution in [1.29, 1.82) is 0 Å². The molecule has 1 aliphatic rings. The van der Waals surface area contributed by atoms with E-state index in [0.29, 0.717) is 16.1 Å². The van der Waals surface area contributed by atoms with Gasteiger partial charge in [-0.05, 0) is 60.5 Å². The van der Waals surface area contributed by atoms with Crippen LogP contribution in [0.15, 0.2) is 48.5 Å². The molecule has 0 saturated carbocycles. The van der Waals surface area contributed by atoms with E-state index < -0.39 is 39.6 Å². The van der Waals surface area contributed by atoms with E-state index in [2.05, 4.69) is 10.6 Å². The van der Waals surface area contributed by atoms with Crippen LogP contribution < -0.4 is 10.6 Å². The zero-order chi connectivity index (χ0) is 22.8. The number of thioether (sulfide) groups is 1. The normalized spacial score (nSPS) is 18.4. The van der Waals surface area contributed by atoms with Crippen molar-refractivity contribution in [1.82, 2.24) is 10.6 Å². The highest BCUT2D eigenvalue weighted by Crippen LogP contribution is 2.33. The molecule has 2 aromatic carbocycles. The minimum atomic E-state index is -4.47. The molecule has 1 aliphatic heterocycles. The Hall–Kier alpha value is -2.52. The van der Waals surface area contributed by atoms with Crippen molar-refractivity contribution in [2.45, 2.75) is 36.7 Å². The fraction of sp³-hybridized carbons (Fsp3) is 0.286. The van der Waals surface area contributed by atoms with Crippen LogP contribution >= 0.6 is 23.4 Å². The first-order valence-corrected chi connectivity index (χ1v) is 10.5. The Balaban J connectivity index is 1.83. The van der Waals surface area contributed by atoms with Gasteiger partial charge in [0.05, 0.1) is 17.5 Å². The maximum atomic E-state index is 12.8. The van der Waals surface area contributed by atoms with Gasteiger partial charge in [-0.3, -0.25) is 19.7 Å². The van der Waals surface area contributed by atoms with Gasteiger partial charge in [0, 0.05) is 5.02 Å². The van der Waals surface area contributed by atoms with Crippen LogP contribution in [0.2, 0.25) is 5.02 Å². The van der Waals surface area contributed by atoms with Gasteiger partial charge in [-0.25, -0.2) is 0 Å². The molecule has 1 fully saturated rings. The third-order valence-electron chi connectivity index (χ3n) is 4.80. The number of imide groups is 1. The number of carbonyl (C=O) groups excluding carboxylic acids is 3. The third-order valence-corrected chi connectivity index (χ3v) is 6.32. The van der Waals surface area contributed by atoms with E-state index in [-0.39, 0.29) is 12.8 Å². The summed E-state index contributed by atoms with van der Waals surface area (Å²) in [4.78, 5) is 36.8. The molecule has 0 bridgehead atoms. The highest BCUT2D eigenvalue weighted by Gasteiger charge is 2.46. The van der Waals surface area contributed by atoms with E-state index in [9.17, 15) is 27.6 Å². The summed E-state index contributed by atoms with van der Waals surface area (Å²) in [6, 6.07) is 11.2. The van der Waals surface area contributed by atoms with Gasteiger partial charge in [0.25, 0.3) is 5.24 Å². The fourth-order valence-electron chi connectivity index (χ4n) is 3.41. The molecule has 2 atom stereocenters. The number of amides is 3. The van der Waals surface area contributed by atoms with Crippen molar-refractivity contribution >= 4 is 40.4 Å². The lowest BCUT2D eigenvalue weighted by atomic mass is 9.87. The molecule has 0 spiro atoms. The van der Waals surface area contributed by atoms with Crippen molar-refractivity contribution in [3.8, 4) is 0 Å². The van der Waals surface area contributed by atoms with Crippen LogP contribution in [0, 0.1) is 0 Å². The Labute approximate surface area is 185 Å². The number of alkyl halides is 3. The van der Waals surface area contributed by atoms with E-state index in [4.69, 9.17) is 11.6 Å². The molecule has 10 heteroatoms. The lowest BCUT2D eigenvalue weighted by Crippen LogP contribution is -2.57. The molecule has 0 aliphatic carbocycles. The van der Waals surface area contributed by atoms with E-state index in [1.54, 1.807) is 31.2 Å². The van der Waals surface area contributed by atoms with Gasteiger partial charge >= 0.3 is 6.18 Å². The molecule has 5 nitrogen and oxygen atoms in total. The van der Waals surface area contributed by atoms with Crippen LogP contribution in [-0.4, -0.2) is 27.8 Å². The van der Waals surface area contributed by atoms with Crippen molar-refractivity contribution in [2.24, 2.45) is 0 Å². The Morgan fingerprint density at radius 2 is 1.81 bits per heavy atom. The fourth-order valence-corrected chi connectivity index (χ4v) is 4.56. The SMILES string of the molecule is C[C@@](Cc1ccc(C(F)(F)F)cc1)(NC(=O)Cc1cccc(Cl)c1)C1SC(=O)NC1=O. The van der Waals surface area contributed by atoms with Crippen LogP contribution in [0.5, 0.6) is 0 Å². The van der Waals surface area contributed by atoms with E-state index in [1.165, 1.54) is 12.1 Å². The summed E-state index contributed by atoms with van der Waals surface area (Å²) >= 11 is 6.69. The summed E-state index contributed by atoms with van der Waals surface area (Å²) in [5.74, 6) is -0.975. The predicted octanol–water partition coefficient (Wildman–Crippen LogP) is 4.37. The Morgan fingerprint density at radius 1 is 1.13 bits per heavy atom. The van der Waals surface area contributed by atoms with E-state index >= 15 is 0 Å². The van der Waals surface area contributed by atoms with Crippen molar-refractivity contribution in [3.63, 3.8) is 0 Å². The number of benzene rings is 2.